The van der Waals surface area contributed by atoms with Crippen molar-refractivity contribution in [2.45, 2.75) is 13.3 Å². The summed E-state index contributed by atoms with van der Waals surface area (Å²) in [6, 6.07) is 9.20. The van der Waals surface area contributed by atoms with Crippen LogP contribution in [-0.4, -0.2) is 30.4 Å². The number of likely N-dealkylation sites (N-methyl/N-ethyl adjacent to an activating group) is 1. The van der Waals surface area contributed by atoms with Crippen LogP contribution in [0.4, 0.5) is 0 Å². The summed E-state index contributed by atoms with van der Waals surface area (Å²) in [5.74, 6) is -0.102. The highest BCUT2D eigenvalue weighted by Gasteiger charge is 2.10. The van der Waals surface area contributed by atoms with Gasteiger partial charge in [-0.25, -0.2) is 0 Å². The zero-order chi connectivity index (χ0) is 12.8. The smallest absolute Gasteiger partial charge is 0.269 e. The van der Waals surface area contributed by atoms with Gasteiger partial charge >= 0.3 is 0 Å². The van der Waals surface area contributed by atoms with Crippen LogP contribution in [0, 0.1) is 0 Å². The van der Waals surface area contributed by atoms with Gasteiger partial charge < -0.3 is 5.43 Å². The zero-order valence-corrected chi connectivity index (χ0v) is 10.6. The summed E-state index contributed by atoms with van der Waals surface area (Å²) in [7, 11) is 0. The average Bonchev–Trinajstić information content (AvgIpc) is 2.46. The molecular weight excluding hydrogens is 226 g/mol. The predicted octanol–water partition coefficient (Wildman–Crippen LogP) is 1.53. The van der Waals surface area contributed by atoms with E-state index in [4.69, 9.17) is 0 Å². The van der Waals surface area contributed by atoms with Gasteiger partial charge in [-0.1, -0.05) is 25.1 Å². The highest BCUT2D eigenvalue weighted by atomic mass is 16.2. The molecule has 1 aliphatic rings. The number of amides is 1. The van der Waals surface area contributed by atoms with Gasteiger partial charge in [-0.15, -0.1) is 0 Å². The van der Waals surface area contributed by atoms with Crippen molar-refractivity contribution < 1.29 is 4.79 Å². The molecule has 96 valence electrons. The standard InChI is InChI=1S/C14H19N3O/c1-2-17-10-8-13(9-11-17)15-16-14(18)12-6-4-3-5-7-12/h3-8,15H,2,9-11H2,1H3,(H,16,18). The van der Waals surface area contributed by atoms with Crippen molar-refractivity contribution in [2.75, 3.05) is 19.6 Å². The Kier molecular flexibility index (Phi) is 4.36. The molecule has 1 aliphatic heterocycles. The van der Waals surface area contributed by atoms with Gasteiger partial charge in [0.15, 0.2) is 0 Å². The summed E-state index contributed by atoms with van der Waals surface area (Å²) in [6.07, 6.45) is 3.07. The van der Waals surface area contributed by atoms with Crippen LogP contribution in [0.2, 0.25) is 0 Å². The maximum atomic E-state index is 11.8. The largest absolute Gasteiger partial charge is 0.303 e. The summed E-state index contributed by atoms with van der Waals surface area (Å²) in [6.45, 7) is 5.21. The Morgan fingerprint density at radius 2 is 2.11 bits per heavy atom. The minimum atomic E-state index is -0.102. The predicted molar refractivity (Wildman–Crippen MR) is 71.9 cm³/mol. The normalized spacial score (nSPS) is 15.9. The lowest BCUT2D eigenvalue weighted by Crippen LogP contribution is -2.40. The van der Waals surface area contributed by atoms with Gasteiger partial charge in [0.1, 0.15) is 0 Å². The van der Waals surface area contributed by atoms with Crippen molar-refractivity contribution in [2.24, 2.45) is 0 Å². The lowest BCUT2D eigenvalue weighted by molar-refractivity contribution is 0.0937. The summed E-state index contributed by atoms with van der Waals surface area (Å²) >= 11 is 0. The van der Waals surface area contributed by atoms with E-state index in [0.717, 1.165) is 31.8 Å². The Bertz CT molecular complexity index is 428. The van der Waals surface area contributed by atoms with Crippen LogP contribution < -0.4 is 10.9 Å². The number of carbonyl (C=O) groups is 1. The number of hydrogen-bond acceptors (Lipinski definition) is 3. The van der Waals surface area contributed by atoms with Crippen LogP contribution in [0.1, 0.15) is 23.7 Å². The van der Waals surface area contributed by atoms with Crippen molar-refractivity contribution in [1.82, 2.24) is 15.8 Å². The molecule has 0 saturated carbocycles. The number of hydrazine groups is 1. The Hall–Kier alpha value is -1.81. The van der Waals surface area contributed by atoms with E-state index >= 15 is 0 Å². The second-order valence-corrected chi connectivity index (χ2v) is 4.32. The molecule has 2 N–H and O–H groups in total. The zero-order valence-electron chi connectivity index (χ0n) is 10.6. The van der Waals surface area contributed by atoms with E-state index in [1.807, 2.05) is 18.2 Å². The molecule has 0 unspecified atom stereocenters. The van der Waals surface area contributed by atoms with Gasteiger partial charge in [0.05, 0.1) is 0 Å². The molecule has 1 amide bonds. The first kappa shape index (κ1) is 12.6. The highest BCUT2D eigenvalue weighted by Crippen LogP contribution is 2.06. The molecule has 0 saturated heterocycles. The molecule has 2 rings (SSSR count). The third-order valence-corrected chi connectivity index (χ3v) is 3.11. The van der Waals surface area contributed by atoms with E-state index in [1.165, 1.54) is 0 Å². The Balaban J connectivity index is 1.82. The summed E-state index contributed by atoms with van der Waals surface area (Å²) < 4.78 is 0. The fraction of sp³-hybridized carbons (Fsp3) is 0.357. The van der Waals surface area contributed by atoms with Gasteiger partial charge in [-0.2, -0.15) is 0 Å². The molecule has 0 fully saturated rings. The third-order valence-electron chi connectivity index (χ3n) is 3.11. The Morgan fingerprint density at radius 1 is 1.33 bits per heavy atom. The monoisotopic (exact) mass is 245 g/mol. The number of hydrogen-bond donors (Lipinski definition) is 2. The molecule has 0 radical (unpaired) electrons. The molecule has 4 heteroatoms. The molecule has 0 atom stereocenters. The highest BCUT2D eigenvalue weighted by molar-refractivity contribution is 5.93. The molecular formula is C14H19N3O. The van der Waals surface area contributed by atoms with Crippen LogP contribution in [0.5, 0.6) is 0 Å². The Labute approximate surface area is 108 Å². The first-order chi connectivity index (χ1) is 8.79. The first-order valence-electron chi connectivity index (χ1n) is 6.32. The van der Waals surface area contributed by atoms with E-state index in [0.29, 0.717) is 5.56 Å². The molecule has 0 aliphatic carbocycles. The Morgan fingerprint density at radius 3 is 2.72 bits per heavy atom. The summed E-state index contributed by atoms with van der Waals surface area (Å²) in [4.78, 5) is 14.1. The van der Waals surface area contributed by atoms with Crippen LogP contribution in [0.15, 0.2) is 42.1 Å². The fourth-order valence-electron chi connectivity index (χ4n) is 1.91. The topological polar surface area (TPSA) is 44.4 Å². The van der Waals surface area contributed by atoms with E-state index in [9.17, 15) is 4.79 Å². The second kappa shape index (κ2) is 6.21. The van der Waals surface area contributed by atoms with E-state index in [2.05, 4.69) is 28.8 Å². The van der Waals surface area contributed by atoms with Crippen LogP contribution in [0.3, 0.4) is 0 Å². The maximum absolute atomic E-state index is 11.8. The second-order valence-electron chi connectivity index (χ2n) is 4.32. The fourth-order valence-corrected chi connectivity index (χ4v) is 1.91. The van der Waals surface area contributed by atoms with Crippen molar-refractivity contribution in [3.63, 3.8) is 0 Å². The maximum Gasteiger partial charge on any atom is 0.269 e. The minimum absolute atomic E-state index is 0.102. The minimum Gasteiger partial charge on any atom is -0.303 e. The van der Waals surface area contributed by atoms with Gasteiger partial charge in [-0.05, 0) is 24.8 Å². The molecule has 4 nitrogen and oxygen atoms in total. The molecule has 1 aromatic rings. The number of benzene rings is 1. The van der Waals surface area contributed by atoms with Gasteiger partial charge in [-0.3, -0.25) is 15.1 Å². The molecule has 1 aromatic carbocycles. The average molecular weight is 245 g/mol. The molecule has 0 aromatic heterocycles. The third kappa shape index (κ3) is 3.34. The lowest BCUT2D eigenvalue weighted by atomic mass is 10.2. The van der Waals surface area contributed by atoms with Gasteiger partial charge in [0, 0.05) is 30.8 Å². The van der Waals surface area contributed by atoms with E-state index in [1.54, 1.807) is 12.1 Å². The molecule has 0 spiro atoms. The van der Waals surface area contributed by atoms with Crippen LogP contribution in [-0.2, 0) is 0 Å². The van der Waals surface area contributed by atoms with E-state index < -0.39 is 0 Å². The van der Waals surface area contributed by atoms with Crippen LogP contribution >= 0.6 is 0 Å². The van der Waals surface area contributed by atoms with Crippen molar-refractivity contribution in [3.05, 3.63) is 47.7 Å². The molecule has 1 heterocycles. The van der Waals surface area contributed by atoms with Crippen LogP contribution in [0.25, 0.3) is 0 Å². The summed E-state index contributed by atoms with van der Waals surface area (Å²) in [5.41, 5.74) is 7.48. The van der Waals surface area contributed by atoms with Gasteiger partial charge in [0.2, 0.25) is 0 Å². The number of rotatable bonds is 4. The number of nitrogens with one attached hydrogen (secondary N) is 2. The van der Waals surface area contributed by atoms with Crippen molar-refractivity contribution >= 4 is 5.91 Å². The molecule has 0 bridgehead atoms. The SMILES string of the molecule is CCN1CC=C(NNC(=O)c2ccccc2)CC1. The number of nitrogens with zero attached hydrogens (tertiary/aromatic N) is 1. The van der Waals surface area contributed by atoms with E-state index in [-0.39, 0.29) is 5.91 Å². The first-order valence-corrected chi connectivity index (χ1v) is 6.32. The lowest BCUT2D eigenvalue weighted by Gasteiger charge is -2.25. The quantitative estimate of drug-likeness (QED) is 0.791. The summed E-state index contributed by atoms with van der Waals surface area (Å²) in [5, 5.41) is 0. The van der Waals surface area contributed by atoms with Gasteiger partial charge in [0.25, 0.3) is 5.91 Å². The molecule has 18 heavy (non-hydrogen) atoms. The number of carbonyl (C=O) groups excluding carboxylic acids is 1. The van der Waals surface area contributed by atoms with Crippen molar-refractivity contribution in [1.29, 1.82) is 0 Å². The van der Waals surface area contributed by atoms with Crippen molar-refractivity contribution in [3.8, 4) is 0 Å².